The fraction of sp³-hybridized carbons (Fsp3) is 0.312. The number of rotatable bonds is 7. The maximum Gasteiger partial charge on any atom is 0.407 e. The summed E-state index contributed by atoms with van der Waals surface area (Å²) in [6.07, 6.45) is -3.58. The van der Waals surface area contributed by atoms with Crippen molar-refractivity contribution >= 4 is 18.0 Å². The zero-order valence-corrected chi connectivity index (χ0v) is 14.0. The van der Waals surface area contributed by atoms with Gasteiger partial charge in [-0.2, -0.15) is 17.6 Å². The molecule has 0 spiro atoms. The number of carbonyl (C=O) groups is 2. The lowest BCUT2D eigenvalue weighted by molar-refractivity contribution is -0.138. The van der Waals surface area contributed by atoms with Crippen molar-refractivity contribution < 1.29 is 45.4 Å². The van der Waals surface area contributed by atoms with Crippen LogP contribution in [0.2, 0.25) is 0 Å². The quantitative estimate of drug-likeness (QED) is 0.103. The van der Waals surface area contributed by atoms with Gasteiger partial charge in [-0.3, -0.25) is 9.79 Å². The molecule has 5 nitrogen and oxygen atoms in total. The first kappa shape index (κ1) is 22.2. The zero-order chi connectivity index (χ0) is 20.8. The van der Waals surface area contributed by atoms with E-state index in [-0.39, 0.29) is 12.7 Å². The summed E-state index contributed by atoms with van der Waals surface area (Å²) in [5.41, 5.74) is -2.01. The molecule has 0 aromatic heterocycles. The van der Waals surface area contributed by atoms with Crippen molar-refractivity contribution in [3.63, 3.8) is 0 Å². The van der Waals surface area contributed by atoms with Crippen LogP contribution in [0.4, 0.5) is 26.3 Å². The van der Waals surface area contributed by atoms with Crippen molar-refractivity contribution in [3.8, 4) is 5.75 Å². The molecule has 148 valence electrons. The number of carbonyl (C=O) groups excluding carboxylic acids is 2. The van der Waals surface area contributed by atoms with Crippen molar-refractivity contribution in [1.29, 1.82) is 0 Å². The first-order chi connectivity index (χ1) is 12.5. The second-order valence-corrected chi connectivity index (χ2v) is 4.80. The number of hydrogen-bond donors (Lipinski definition) is 0. The number of allylic oxidation sites excluding steroid dienone is 1. The van der Waals surface area contributed by atoms with E-state index in [1.165, 1.54) is 6.92 Å². The molecule has 27 heavy (non-hydrogen) atoms. The average molecular weight is 397 g/mol. The smallest absolute Gasteiger partial charge is 0.407 e. The molecule has 0 saturated heterocycles. The van der Waals surface area contributed by atoms with Crippen LogP contribution < -0.4 is 4.74 Å². The minimum absolute atomic E-state index is 0.190. The van der Waals surface area contributed by atoms with E-state index in [0.29, 0.717) is 12.3 Å². The van der Waals surface area contributed by atoms with Crippen LogP contribution in [-0.2, 0) is 9.53 Å². The SMILES string of the molecule is CCOC(=O)/C(=C\C=NCC(F)(F)F)C(=O)c1cc(F)c(F)c(OC)c1F. The third kappa shape index (κ3) is 5.83. The topological polar surface area (TPSA) is 65.0 Å². The zero-order valence-electron chi connectivity index (χ0n) is 14.0. The molecule has 0 radical (unpaired) electrons. The van der Waals surface area contributed by atoms with Gasteiger partial charge in [0.1, 0.15) is 12.1 Å². The summed E-state index contributed by atoms with van der Waals surface area (Å²) >= 11 is 0. The highest BCUT2D eigenvalue weighted by atomic mass is 19.4. The summed E-state index contributed by atoms with van der Waals surface area (Å²) < 4.78 is 86.3. The number of Topliss-reactive ketones (excluding diaryl/α,β-unsaturated/α-hetero) is 1. The summed E-state index contributed by atoms with van der Waals surface area (Å²) in [5, 5.41) is 0. The van der Waals surface area contributed by atoms with Gasteiger partial charge >= 0.3 is 12.1 Å². The lowest BCUT2D eigenvalue weighted by atomic mass is 10.0. The Hall–Kier alpha value is -2.85. The second-order valence-electron chi connectivity index (χ2n) is 4.80. The van der Waals surface area contributed by atoms with E-state index in [4.69, 9.17) is 0 Å². The summed E-state index contributed by atoms with van der Waals surface area (Å²) in [6.45, 7) is -0.438. The van der Waals surface area contributed by atoms with E-state index in [1.807, 2.05) is 0 Å². The molecule has 0 amide bonds. The average Bonchev–Trinajstić information content (AvgIpc) is 2.57. The van der Waals surface area contributed by atoms with Gasteiger partial charge in [-0.05, 0) is 19.1 Å². The summed E-state index contributed by atoms with van der Waals surface area (Å²) in [5.74, 6) is -8.90. The molecule has 0 atom stereocenters. The number of ether oxygens (including phenoxy) is 2. The second kappa shape index (κ2) is 9.19. The molecular formula is C16H13F6NO4. The normalized spacial score (nSPS) is 12.4. The number of halogens is 6. The van der Waals surface area contributed by atoms with Gasteiger partial charge in [-0.1, -0.05) is 0 Å². The van der Waals surface area contributed by atoms with Gasteiger partial charge in [0.25, 0.3) is 0 Å². The molecule has 0 heterocycles. The Morgan fingerprint density at radius 3 is 2.33 bits per heavy atom. The first-order valence-electron chi connectivity index (χ1n) is 7.23. The third-order valence-electron chi connectivity index (χ3n) is 2.92. The Bertz CT molecular complexity index is 786. The number of esters is 1. The molecule has 1 rings (SSSR count). The van der Waals surface area contributed by atoms with Crippen LogP contribution in [0.15, 0.2) is 22.7 Å². The maximum absolute atomic E-state index is 14.2. The monoisotopic (exact) mass is 397 g/mol. The maximum atomic E-state index is 14.2. The van der Waals surface area contributed by atoms with Gasteiger partial charge in [-0.15, -0.1) is 0 Å². The van der Waals surface area contributed by atoms with E-state index in [2.05, 4.69) is 14.5 Å². The van der Waals surface area contributed by atoms with Crippen LogP contribution in [0.3, 0.4) is 0 Å². The van der Waals surface area contributed by atoms with E-state index in [9.17, 15) is 35.9 Å². The van der Waals surface area contributed by atoms with E-state index in [0.717, 1.165) is 7.11 Å². The number of methoxy groups -OCH3 is 1. The van der Waals surface area contributed by atoms with E-state index >= 15 is 0 Å². The lowest BCUT2D eigenvalue weighted by Gasteiger charge is -2.10. The number of nitrogens with zero attached hydrogens (tertiary/aromatic N) is 1. The molecule has 11 heteroatoms. The van der Waals surface area contributed by atoms with Crippen molar-refractivity contribution in [2.45, 2.75) is 13.1 Å². The van der Waals surface area contributed by atoms with Crippen molar-refractivity contribution in [2.24, 2.45) is 4.99 Å². The molecule has 0 fully saturated rings. The third-order valence-corrected chi connectivity index (χ3v) is 2.92. The minimum Gasteiger partial charge on any atom is -0.491 e. The van der Waals surface area contributed by atoms with E-state index in [1.54, 1.807) is 0 Å². The molecule has 0 saturated carbocycles. The molecule has 0 aliphatic carbocycles. The van der Waals surface area contributed by atoms with Gasteiger partial charge in [0.2, 0.25) is 11.6 Å². The highest BCUT2D eigenvalue weighted by molar-refractivity contribution is 6.25. The number of aliphatic imine (C=N–C) groups is 1. The molecule has 0 N–H and O–H groups in total. The molecule has 1 aromatic rings. The van der Waals surface area contributed by atoms with Crippen molar-refractivity contribution in [3.05, 3.63) is 40.7 Å². The minimum atomic E-state index is -4.63. The number of ketones is 1. The van der Waals surface area contributed by atoms with E-state index < -0.39 is 58.8 Å². The molecule has 0 aliphatic rings. The highest BCUT2D eigenvalue weighted by Crippen LogP contribution is 2.28. The molecule has 0 unspecified atom stereocenters. The van der Waals surface area contributed by atoms with Gasteiger partial charge in [-0.25, -0.2) is 13.6 Å². The van der Waals surface area contributed by atoms with Gasteiger partial charge in [0.15, 0.2) is 17.4 Å². The Morgan fingerprint density at radius 2 is 1.81 bits per heavy atom. The van der Waals surface area contributed by atoms with Gasteiger partial charge in [0, 0.05) is 6.21 Å². The Labute approximate surface area is 149 Å². The molecule has 0 aliphatic heterocycles. The van der Waals surface area contributed by atoms with Crippen LogP contribution >= 0.6 is 0 Å². The van der Waals surface area contributed by atoms with Crippen molar-refractivity contribution in [1.82, 2.24) is 0 Å². The molecule has 1 aromatic carbocycles. The molecule has 0 bridgehead atoms. The first-order valence-corrected chi connectivity index (χ1v) is 7.23. The predicted octanol–water partition coefficient (Wildman–Crippen LogP) is 3.42. The Morgan fingerprint density at radius 1 is 1.19 bits per heavy atom. The molecular weight excluding hydrogens is 384 g/mol. The van der Waals surface area contributed by atoms with Crippen molar-refractivity contribution in [2.75, 3.05) is 20.3 Å². The standard InChI is InChI=1S/C16H13F6NO4/c1-3-27-15(25)8(4-5-23-7-16(20,21)22)13(24)9-6-10(17)12(19)14(26-2)11(9)18/h4-6H,3,7H2,1-2H3/b8-4-,23-5?. The largest absolute Gasteiger partial charge is 0.491 e. The van der Waals surface area contributed by atoms with Crippen LogP contribution in [0.25, 0.3) is 0 Å². The van der Waals surface area contributed by atoms with Crippen LogP contribution in [0.1, 0.15) is 17.3 Å². The summed E-state index contributed by atoms with van der Waals surface area (Å²) in [4.78, 5) is 27.2. The Kier molecular flexibility index (Phi) is 7.56. The number of benzene rings is 1. The van der Waals surface area contributed by atoms with Gasteiger partial charge < -0.3 is 9.47 Å². The Balaban J connectivity index is 3.37. The number of alkyl halides is 3. The fourth-order valence-electron chi connectivity index (χ4n) is 1.80. The summed E-state index contributed by atoms with van der Waals surface area (Å²) in [7, 11) is 0.821. The van der Waals surface area contributed by atoms with Crippen LogP contribution in [0.5, 0.6) is 5.75 Å². The summed E-state index contributed by atoms with van der Waals surface area (Å²) in [6, 6.07) is 0.190. The van der Waals surface area contributed by atoms with Gasteiger partial charge in [0.05, 0.1) is 19.3 Å². The fourth-order valence-corrected chi connectivity index (χ4v) is 1.80. The van der Waals surface area contributed by atoms with Crippen LogP contribution in [0, 0.1) is 17.5 Å². The lowest BCUT2D eigenvalue weighted by Crippen LogP contribution is -2.19. The van der Waals surface area contributed by atoms with Crippen LogP contribution in [-0.4, -0.2) is 44.4 Å². The predicted molar refractivity (Wildman–Crippen MR) is 81.3 cm³/mol. The highest BCUT2D eigenvalue weighted by Gasteiger charge is 2.29. The number of hydrogen-bond acceptors (Lipinski definition) is 5.